The van der Waals surface area contributed by atoms with Crippen molar-refractivity contribution in [3.05, 3.63) is 48.2 Å². The Morgan fingerprint density at radius 1 is 0.750 bits per heavy atom. The molecule has 0 spiro atoms. The van der Waals surface area contributed by atoms with Gasteiger partial charge in [-0.05, 0) is 19.1 Å². The lowest BCUT2D eigenvalue weighted by molar-refractivity contribution is 0.548. The zero-order valence-corrected chi connectivity index (χ0v) is 10.9. The van der Waals surface area contributed by atoms with E-state index in [1.165, 1.54) is 0 Å². The lowest BCUT2D eigenvalue weighted by Gasteiger charge is -1.93. The minimum Gasteiger partial charge on any atom is -0.461 e. The first-order chi connectivity index (χ1) is 7.86. The average Bonchev–Trinajstić information content (AvgIpc) is 2.82. The van der Waals surface area contributed by atoms with Gasteiger partial charge >= 0.3 is 0 Å². The van der Waals surface area contributed by atoms with E-state index in [4.69, 9.17) is 4.42 Å². The highest BCUT2D eigenvalue weighted by atomic mass is 16.3. The van der Waals surface area contributed by atoms with Gasteiger partial charge in [0.2, 0.25) is 0 Å². The van der Waals surface area contributed by atoms with Crippen LogP contribution in [0.3, 0.4) is 0 Å². The van der Waals surface area contributed by atoms with E-state index in [-0.39, 0.29) is 0 Å². The van der Waals surface area contributed by atoms with Crippen LogP contribution in [0.2, 0.25) is 0 Å². The molecule has 0 amide bonds. The maximum Gasteiger partial charge on any atom is 0.134 e. The quantitative estimate of drug-likeness (QED) is 0.632. The molecule has 1 aromatic carbocycles. The van der Waals surface area contributed by atoms with Gasteiger partial charge in [0.05, 0.1) is 0 Å². The molecule has 0 N–H and O–H groups in total. The average molecular weight is 218 g/mol. The fourth-order valence-electron chi connectivity index (χ4n) is 1.19. The SMILES string of the molecule is CC.CC.Cc1ccc(-c2ccccc2)o1. The summed E-state index contributed by atoms with van der Waals surface area (Å²) in [6, 6.07) is 14.1. The van der Waals surface area contributed by atoms with E-state index in [2.05, 4.69) is 0 Å². The molecule has 0 fully saturated rings. The molecule has 0 saturated heterocycles. The predicted molar refractivity (Wildman–Crippen MR) is 71.6 cm³/mol. The van der Waals surface area contributed by atoms with Crippen LogP contribution in [0.1, 0.15) is 33.5 Å². The number of benzene rings is 1. The molecule has 2 aromatic rings. The maximum absolute atomic E-state index is 5.47. The Bertz CT molecular complexity index is 360. The Hall–Kier alpha value is -1.50. The topological polar surface area (TPSA) is 13.1 Å². The summed E-state index contributed by atoms with van der Waals surface area (Å²) in [5.41, 5.74) is 1.13. The highest BCUT2D eigenvalue weighted by Gasteiger charge is 1.99. The van der Waals surface area contributed by atoms with Crippen LogP contribution in [0.25, 0.3) is 11.3 Å². The third-order valence-corrected chi connectivity index (χ3v) is 1.80. The summed E-state index contributed by atoms with van der Waals surface area (Å²) in [5.74, 6) is 1.89. The summed E-state index contributed by atoms with van der Waals surface area (Å²) in [7, 11) is 0. The zero-order valence-electron chi connectivity index (χ0n) is 10.9. The van der Waals surface area contributed by atoms with E-state index >= 15 is 0 Å². The van der Waals surface area contributed by atoms with Gasteiger partial charge in [0, 0.05) is 5.56 Å². The number of aryl methyl sites for hydroxylation is 1. The second kappa shape index (κ2) is 8.78. The molecule has 88 valence electrons. The molecule has 0 radical (unpaired) electrons. The highest BCUT2D eigenvalue weighted by molar-refractivity contribution is 5.56. The largest absolute Gasteiger partial charge is 0.461 e. The number of hydrogen-bond donors (Lipinski definition) is 0. The fraction of sp³-hybridized carbons (Fsp3) is 0.333. The van der Waals surface area contributed by atoms with Crippen LogP contribution in [0, 0.1) is 6.92 Å². The molecular formula is C15H22O. The molecule has 0 aliphatic heterocycles. The van der Waals surface area contributed by atoms with E-state index in [9.17, 15) is 0 Å². The van der Waals surface area contributed by atoms with Crippen LogP contribution in [-0.4, -0.2) is 0 Å². The molecule has 0 unspecified atom stereocenters. The van der Waals surface area contributed by atoms with Crippen molar-refractivity contribution in [2.24, 2.45) is 0 Å². The standard InChI is InChI=1S/C11H10O.2C2H6/c1-9-7-8-11(12-9)10-5-3-2-4-6-10;2*1-2/h2-8H,1H3;2*1-2H3. The Kier molecular flexibility index (Phi) is 7.96. The summed E-state index contributed by atoms with van der Waals surface area (Å²) in [5, 5.41) is 0. The first-order valence-corrected chi connectivity index (χ1v) is 5.98. The van der Waals surface area contributed by atoms with Crippen LogP contribution in [0.5, 0.6) is 0 Å². The first kappa shape index (κ1) is 14.5. The second-order valence-electron chi connectivity index (χ2n) is 2.78. The molecule has 1 heterocycles. The van der Waals surface area contributed by atoms with Crippen molar-refractivity contribution in [3.63, 3.8) is 0 Å². The first-order valence-electron chi connectivity index (χ1n) is 5.98. The van der Waals surface area contributed by atoms with Crippen LogP contribution in [0.15, 0.2) is 46.9 Å². The van der Waals surface area contributed by atoms with E-state index < -0.39 is 0 Å². The molecule has 0 saturated carbocycles. The third-order valence-electron chi connectivity index (χ3n) is 1.80. The third kappa shape index (κ3) is 4.35. The van der Waals surface area contributed by atoms with Gasteiger partial charge in [0.15, 0.2) is 0 Å². The van der Waals surface area contributed by atoms with Crippen LogP contribution >= 0.6 is 0 Å². The highest BCUT2D eigenvalue weighted by Crippen LogP contribution is 2.20. The Morgan fingerprint density at radius 3 is 1.75 bits per heavy atom. The van der Waals surface area contributed by atoms with Gasteiger partial charge in [-0.25, -0.2) is 0 Å². The minimum atomic E-state index is 0.938. The van der Waals surface area contributed by atoms with Crippen molar-refractivity contribution in [1.82, 2.24) is 0 Å². The lowest BCUT2D eigenvalue weighted by Crippen LogP contribution is -1.69. The maximum atomic E-state index is 5.47. The molecule has 0 aliphatic rings. The molecule has 16 heavy (non-hydrogen) atoms. The zero-order chi connectivity index (χ0) is 12.4. The summed E-state index contributed by atoms with van der Waals surface area (Å²) in [6.07, 6.45) is 0. The normalized spacial score (nSPS) is 8.31. The lowest BCUT2D eigenvalue weighted by atomic mass is 10.2. The summed E-state index contributed by atoms with van der Waals surface area (Å²) < 4.78 is 5.47. The Labute approximate surface area is 99.1 Å². The molecular weight excluding hydrogens is 196 g/mol. The Morgan fingerprint density at radius 2 is 1.31 bits per heavy atom. The molecule has 0 aliphatic carbocycles. The van der Waals surface area contributed by atoms with E-state index in [1.54, 1.807) is 0 Å². The number of rotatable bonds is 1. The summed E-state index contributed by atoms with van der Waals surface area (Å²) in [6.45, 7) is 9.95. The monoisotopic (exact) mass is 218 g/mol. The fourth-order valence-corrected chi connectivity index (χ4v) is 1.19. The van der Waals surface area contributed by atoms with Gasteiger partial charge in [0.25, 0.3) is 0 Å². The molecule has 2 rings (SSSR count). The predicted octanol–water partition coefficient (Wildman–Crippen LogP) is 5.31. The number of furan rings is 1. The van der Waals surface area contributed by atoms with Crippen LogP contribution < -0.4 is 0 Å². The van der Waals surface area contributed by atoms with Gasteiger partial charge in [-0.15, -0.1) is 0 Å². The molecule has 1 nitrogen and oxygen atoms in total. The van der Waals surface area contributed by atoms with Crippen molar-refractivity contribution in [1.29, 1.82) is 0 Å². The molecule has 0 atom stereocenters. The second-order valence-corrected chi connectivity index (χ2v) is 2.78. The van der Waals surface area contributed by atoms with Crippen molar-refractivity contribution < 1.29 is 4.42 Å². The smallest absolute Gasteiger partial charge is 0.134 e. The van der Waals surface area contributed by atoms with Gasteiger partial charge in [0.1, 0.15) is 11.5 Å². The number of hydrogen-bond acceptors (Lipinski definition) is 1. The van der Waals surface area contributed by atoms with Gasteiger partial charge in [-0.2, -0.15) is 0 Å². The van der Waals surface area contributed by atoms with Crippen molar-refractivity contribution >= 4 is 0 Å². The van der Waals surface area contributed by atoms with Gasteiger partial charge in [-0.1, -0.05) is 58.0 Å². The van der Waals surface area contributed by atoms with Gasteiger partial charge in [-0.3, -0.25) is 0 Å². The summed E-state index contributed by atoms with van der Waals surface area (Å²) in [4.78, 5) is 0. The van der Waals surface area contributed by atoms with Crippen molar-refractivity contribution in [3.8, 4) is 11.3 Å². The van der Waals surface area contributed by atoms with E-state index in [0.29, 0.717) is 0 Å². The van der Waals surface area contributed by atoms with Gasteiger partial charge < -0.3 is 4.42 Å². The summed E-state index contributed by atoms with van der Waals surface area (Å²) >= 11 is 0. The molecule has 0 bridgehead atoms. The van der Waals surface area contributed by atoms with E-state index in [1.807, 2.05) is 77.1 Å². The van der Waals surface area contributed by atoms with Crippen molar-refractivity contribution in [2.75, 3.05) is 0 Å². The molecule has 1 heteroatoms. The molecule has 1 aromatic heterocycles. The van der Waals surface area contributed by atoms with E-state index in [0.717, 1.165) is 17.1 Å². The van der Waals surface area contributed by atoms with Crippen molar-refractivity contribution in [2.45, 2.75) is 34.6 Å². The van der Waals surface area contributed by atoms with Crippen LogP contribution in [-0.2, 0) is 0 Å². The minimum absolute atomic E-state index is 0.938. The Balaban J connectivity index is 0.000000509. The van der Waals surface area contributed by atoms with Crippen LogP contribution in [0.4, 0.5) is 0 Å².